The number of nitrogens with zero attached hydrogens (tertiary/aromatic N) is 1. The molecule has 2 aliphatic rings. The molecule has 3 aromatic carbocycles. The average molecular weight is 584 g/mol. The van der Waals surface area contributed by atoms with Crippen molar-refractivity contribution in [3.8, 4) is 11.5 Å². The molecule has 7 N–H and O–H groups in total. The van der Waals surface area contributed by atoms with Gasteiger partial charge < -0.3 is 32.2 Å². The minimum absolute atomic E-state index is 0.0374. The molecule has 42 heavy (non-hydrogen) atoms. The number of nitrogens with one attached hydrogen (secondary N) is 1. The zero-order chi connectivity index (χ0) is 29.6. The van der Waals surface area contributed by atoms with Crippen molar-refractivity contribution < 1.29 is 14.3 Å². The number of para-hydroxylation sites is 1. The molecular weight excluding hydrogens is 546 g/mol. The van der Waals surface area contributed by atoms with E-state index in [1.54, 1.807) is 12.1 Å². The van der Waals surface area contributed by atoms with Gasteiger partial charge in [0.1, 0.15) is 17.0 Å². The number of thiophene rings is 1. The number of rotatable bonds is 7. The fraction of sp³-hybridized carbons (Fsp3) is 0.333. The number of nitrogens with two attached hydrogens (primary N) is 3. The summed E-state index contributed by atoms with van der Waals surface area (Å²) in [6, 6.07) is 17.5. The number of carbonyl (C=O) groups is 2. The number of ether oxygens (including phenoxy) is 1. The first-order chi connectivity index (χ1) is 20.2. The molecule has 0 bridgehead atoms. The molecule has 1 saturated heterocycles. The second kappa shape index (κ2) is 11.1. The molecule has 4 aromatic rings. The van der Waals surface area contributed by atoms with Gasteiger partial charge in [-0.3, -0.25) is 9.59 Å². The van der Waals surface area contributed by atoms with Crippen LogP contribution in [-0.4, -0.2) is 42.3 Å². The van der Waals surface area contributed by atoms with Crippen LogP contribution in [0.5, 0.6) is 11.5 Å². The Morgan fingerprint density at radius 2 is 1.88 bits per heavy atom. The maximum absolute atomic E-state index is 14.2. The van der Waals surface area contributed by atoms with Crippen LogP contribution < -0.4 is 27.3 Å². The van der Waals surface area contributed by atoms with Gasteiger partial charge in [0.05, 0.1) is 15.6 Å². The van der Waals surface area contributed by atoms with E-state index in [0.29, 0.717) is 44.1 Å². The third-order valence-corrected chi connectivity index (χ3v) is 9.76. The van der Waals surface area contributed by atoms with Crippen LogP contribution in [-0.2, 0) is 10.3 Å². The quantitative estimate of drug-likeness (QED) is 0.225. The minimum atomic E-state index is -1.52. The lowest BCUT2D eigenvalue weighted by molar-refractivity contribution is -0.124. The van der Waals surface area contributed by atoms with Gasteiger partial charge in [-0.2, -0.15) is 0 Å². The van der Waals surface area contributed by atoms with Crippen molar-refractivity contribution in [3.63, 3.8) is 0 Å². The molecule has 0 spiro atoms. The van der Waals surface area contributed by atoms with Gasteiger partial charge in [-0.1, -0.05) is 37.3 Å². The van der Waals surface area contributed by atoms with Crippen LogP contribution >= 0.6 is 11.3 Å². The van der Waals surface area contributed by atoms with Crippen LogP contribution in [0, 0.1) is 6.92 Å². The van der Waals surface area contributed by atoms with Crippen LogP contribution in [0.1, 0.15) is 64.2 Å². The Kier molecular flexibility index (Phi) is 7.53. The number of ketones is 1. The first kappa shape index (κ1) is 28.4. The number of benzene rings is 3. The number of nitrogen functional groups attached to an aromatic ring is 1. The summed E-state index contributed by atoms with van der Waals surface area (Å²) in [5.41, 5.74) is 21.8. The van der Waals surface area contributed by atoms with Crippen molar-refractivity contribution in [3.05, 3.63) is 87.8 Å². The summed E-state index contributed by atoms with van der Waals surface area (Å²) in [7, 11) is 0. The number of likely N-dealkylation sites (tertiary alicyclic amines) is 1. The van der Waals surface area contributed by atoms with Crippen LogP contribution in [0.15, 0.2) is 60.7 Å². The number of piperidine rings is 1. The van der Waals surface area contributed by atoms with Crippen LogP contribution in [0.2, 0.25) is 0 Å². The van der Waals surface area contributed by atoms with Gasteiger partial charge in [0, 0.05) is 29.2 Å². The Hall–Kier alpha value is -3.76. The van der Waals surface area contributed by atoms with Crippen molar-refractivity contribution in [2.24, 2.45) is 11.5 Å². The smallest absolute Gasteiger partial charge is 0.262 e. The van der Waals surface area contributed by atoms with Crippen molar-refractivity contribution in [1.29, 1.82) is 0 Å². The third-order valence-electron chi connectivity index (χ3n) is 8.50. The van der Waals surface area contributed by atoms with Gasteiger partial charge in [-0.05, 0) is 86.3 Å². The van der Waals surface area contributed by atoms with Crippen molar-refractivity contribution in [1.82, 2.24) is 10.2 Å². The first-order valence-corrected chi connectivity index (χ1v) is 15.3. The highest BCUT2D eigenvalue weighted by Gasteiger charge is 2.49. The summed E-state index contributed by atoms with van der Waals surface area (Å²) in [5, 5.41) is 3.93. The highest BCUT2D eigenvalue weighted by molar-refractivity contribution is 7.21. The number of hydrogen-bond donors (Lipinski definition) is 4. The standard InChI is InChI=1S/C33H37N5O3S/c1-3-15-38-16-7-8-20(18-38)37-32(40)30-27-26-24(13-14-25(34)29(26)42-30)33(36,31(39)28(27)35)23-12-11-22(17-19(23)2)41-21-9-5-4-6-10-21/h4-6,9-14,17,20,28H,3,7-8,15-16,18,34-36H2,1-2H3,(H,37,40). The Bertz CT molecular complexity index is 1670. The molecule has 8 nitrogen and oxygen atoms in total. The summed E-state index contributed by atoms with van der Waals surface area (Å²) < 4.78 is 6.74. The summed E-state index contributed by atoms with van der Waals surface area (Å²) in [4.78, 5) is 30.7. The molecule has 0 radical (unpaired) electrons. The van der Waals surface area contributed by atoms with Gasteiger partial charge in [-0.25, -0.2) is 0 Å². The molecule has 9 heteroatoms. The van der Waals surface area contributed by atoms with E-state index in [2.05, 4.69) is 17.1 Å². The lowest BCUT2D eigenvalue weighted by Gasteiger charge is -2.37. The first-order valence-electron chi connectivity index (χ1n) is 14.5. The van der Waals surface area contributed by atoms with E-state index in [9.17, 15) is 9.59 Å². The van der Waals surface area contributed by atoms with E-state index in [1.807, 2.05) is 55.5 Å². The predicted molar refractivity (Wildman–Crippen MR) is 168 cm³/mol. The Morgan fingerprint density at radius 3 is 2.62 bits per heavy atom. The van der Waals surface area contributed by atoms with E-state index >= 15 is 0 Å². The second-order valence-electron chi connectivity index (χ2n) is 11.4. The van der Waals surface area contributed by atoms with Crippen LogP contribution in [0.3, 0.4) is 0 Å². The molecule has 3 atom stereocenters. The summed E-state index contributed by atoms with van der Waals surface area (Å²) >= 11 is 1.29. The predicted octanol–water partition coefficient (Wildman–Crippen LogP) is 4.97. The van der Waals surface area contributed by atoms with Crippen molar-refractivity contribution in [2.75, 3.05) is 25.4 Å². The van der Waals surface area contributed by atoms with E-state index in [-0.39, 0.29) is 17.7 Å². The molecular formula is C33H37N5O3S. The van der Waals surface area contributed by atoms with Crippen LogP contribution in [0.25, 0.3) is 10.1 Å². The number of carbonyl (C=O) groups excluding carboxylic acids is 2. The molecule has 0 saturated carbocycles. The fourth-order valence-corrected chi connectivity index (χ4v) is 7.74. The SMILES string of the molecule is CCCN1CCCC(NC(=O)c2sc3c(N)ccc4c3c2C(N)C(=O)C4(N)c2ccc(Oc3ccccc3)cc2C)C1. The molecule has 3 unspecified atom stereocenters. The minimum Gasteiger partial charge on any atom is -0.457 e. The van der Waals surface area contributed by atoms with Gasteiger partial charge in [0.2, 0.25) is 0 Å². The topological polar surface area (TPSA) is 137 Å². The van der Waals surface area contributed by atoms with E-state index in [1.165, 1.54) is 11.3 Å². The number of hydrogen-bond acceptors (Lipinski definition) is 8. The zero-order valence-corrected chi connectivity index (χ0v) is 24.8. The lowest BCUT2D eigenvalue weighted by atomic mass is 9.69. The Morgan fingerprint density at radius 1 is 1.12 bits per heavy atom. The van der Waals surface area contributed by atoms with E-state index < -0.39 is 11.6 Å². The van der Waals surface area contributed by atoms with Gasteiger partial charge in [0.15, 0.2) is 5.78 Å². The van der Waals surface area contributed by atoms with Crippen molar-refractivity contribution in [2.45, 2.75) is 50.7 Å². The maximum atomic E-state index is 14.2. The van der Waals surface area contributed by atoms with Gasteiger partial charge in [-0.15, -0.1) is 11.3 Å². The monoisotopic (exact) mass is 583 g/mol. The van der Waals surface area contributed by atoms with Crippen molar-refractivity contribution >= 4 is 38.8 Å². The Balaban J connectivity index is 1.39. The van der Waals surface area contributed by atoms with Crippen LogP contribution in [0.4, 0.5) is 5.69 Å². The molecule has 2 heterocycles. The van der Waals surface area contributed by atoms with Gasteiger partial charge in [0.25, 0.3) is 5.91 Å². The number of amides is 1. The second-order valence-corrected chi connectivity index (χ2v) is 12.4. The third kappa shape index (κ3) is 4.76. The average Bonchev–Trinajstić information content (AvgIpc) is 3.39. The molecule has 1 aromatic heterocycles. The Labute approximate surface area is 249 Å². The highest BCUT2D eigenvalue weighted by atomic mass is 32.1. The molecule has 1 fully saturated rings. The number of aryl methyl sites for hydroxylation is 1. The molecule has 218 valence electrons. The van der Waals surface area contributed by atoms with E-state index in [0.717, 1.165) is 49.2 Å². The molecule has 1 aliphatic heterocycles. The molecule has 6 rings (SSSR count). The zero-order valence-electron chi connectivity index (χ0n) is 24.0. The van der Waals surface area contributed by atoms with Gasteiger partial charge >= 0.3 is 0 Å². The number of Topliss-reactive ketones (excluding diaryl/α,β-unsaturated/α-hetero) is 1. The summed E-state index contributed by atoms with van der Waals surface area (Å²) in [6.07, 6.45) is 3.02. The maximum Gasteiger partial charge on any atom is 0.262 e. The lowest BCUT2D eigenvalue weighted by Crippen LogP contribution is -2.53. The summed E-state index contributed by atoms with van der Waals surface area (Å²) in [5.74, 6) is 0.769. The largest absolute Gasteiger partial charge is 0.457 e. The molecule has 1 amide bonds. The molecule has 1 aliphatic carbocycles. The highest BCUT2D eigenvalue weighted by Crippen LogP contribution is 2.50. The number of anilines is 1. The normalized spacial score (nSPS) is 22.3. The fourth-order valence-electron chi connectivity index (χ4n) is 6.54. The summed E-state index contributed by atoms with van der Waals surface area (Å²) in [6.45, 7) is 6.94. The van der Waals surface area contributed by atoms with E-state index in [4.69, 9.17) is 21.9 Å².